The van der Waals surface area contributed by atoms with Gasteiger partial charge in [-0.15, -0.1) is 0 Å². The smallest absolute Gasteiger partial charge is 0.347 e. The Balaban J connectivity index is 2.78. The zero-order chi connectivity index (χ0) is 13.3. The molecule has 0 radical (unpaired) electrons. The summed E-state index contributed by atoms with van der Waals surface area (Å²) in [6.07, 6.45) is 1.40. The van der Waals surface area contributed by atoms with Crippen molar-refractivity contribution in [3.8, 4) is 11.3 Å². The molecule has 0 unspecified atom stereocenters. The SMILES string of the molecule is Cn1cc(C(N)=O)c(-c2ccccc2Br)nc1=O. The van der Waals surface area contributed by atoms with Crippen LogP contribution in [0, 0.1) is 0 Å². The third kappa shape index (κ3) is 2.19. The second-order valence-electron chi connectivity index (χ2n) is 3.74. The van der Waals surface area contributed by atoms with E-state index in [1.807, 2.05) is 6.07 Å². The van der Waals surface area contributed by atoms with Crippen LogP contribution in [0.1, 0.15) is 10.4 Å². The van der Waals surface area contributed by atoms with Crippen LogP contribution in [-0.4, -0.2) is 15.5 Å². The molecule has 2 rings (SSSR count). The summed E-state index contributed by atoms with van der Waals surface area (Å²) in [7, 11) is 1.52. The van der Waals surface area contributed by atoms with Crippen molar-refractivity contribution in [2.24, 2.45) is 12.8 Å². The molecule has 2 aromatic rings. The van der Waals surface area contributed by atoms with Crippen molar-refractivity contribution in [1.29, 1.82) is 0 Å². The van der Waals surface area contributed by atoms with Crippen LogP contribution in [0.3, 0.4) is 0 Å². The Bertz CT molecular complexity index is 679. The second-order valence-corrected chi connectivity index (χ2v) is 4.60. The highest BCUT2D eigenvalue weighted by molar-refractivity contribution is 9.10. The standard InChI is InChI=1S/C12H10BrN3O2/c1-16-6-8(11(14)17)10(15-12(16)18)7-4-2-3-5-9(7)13/h2-6H,1H3,(H2,14,17). The molecule has 0 aliphatic rings. The fourth-order valence-electron chi connectivity index (χ4n) is 1.58. The Labute approximate surface area is 111 Å². The highest BCUT2D eigenvalue weighted by Crippen LogP contribution is 2.27. The lowest BCUT2D eigenvalue weighted by atomic mass is 10.1. The molecule has 0 aliphatic heterocycles. The number of hydrogen-bond donors (Lipinski definition) is 1. The number of nitrogens with two attached hydrogens (primary N) is 1. The minimum absolute atomic E-state index is 0.212. The van der Waals surface area contributed by atoms with Gasteiger partial charge in [0.05, 0.1) is 11.3 Å². The molecule has 0 fully saturated rings. The number of halogens is 1. The predicted octanol–water partition coefficient (Wildman–Crippen LogP) is 1.31. The summed E-state index contributed by atoms with van der Waals surface area (Å²) in [5.41, 5.74) is 6.03. The number of primary amides is 1. The van der Waals surface area contributed by atoms with Crippen molar-refractivity contribution in [1.82, 2.24) is 9.55 Å². The molecular formula is C12H10BrN3O2. The Morgan fingerprint density at radius 2 is 2.06 bits per heavy atom. The maximum Gasteiger partial charge on any atom is 0.347 e. The third-order valence-corrected chi connectivity index (χ3v) is 3.17. The second kappa shape index (κ2) is 4.73. The first-order chi connectivity index (χ1) is 8.50. The molecule has 1 heterocycles. The number of aryl methyl sites for hydroxylation is 1. The number of rotatable bonds is 2. The number of benzene rings is 1. The predicted molar refractivity (Wildman–Crippen MR) is 71.1 cm³/mol. The summed E-state index contributed by atoms with van der Waals surface area (Å²) in [6, 6.07) is 7.19. The van der Waals surface area contributed by atoms with Gasteiger partial charge in [-0.1, -0.05) is 34.1 Å². The summed E-state index contributed by atoms with van der Waals surface area (Å²) >= 11 is 3.36. The van der Waals surface area contributed by atoms with E-state index in [4.69, 9.17) is 5.73 Å². The number of amides is 1. The van der Waals surface area contributed by atoms with Crippen LogP contribution in [0.4, 0.5) is 0 Å². The van der Waals surface area contributed by atoms with Gasteiger partial charge in [-0.05, 0) is 6.07 Å². The van der Waals surface area contributed by atoms with Crippen molar-refractivity contribution in [3.05, 3.63) is 51.0 Å². The summed E-state index contributed by atoms with van der Waals surface area (Å²) in [5.74, 6) is -0.621. The Morgan fingerprint density at radius 1 is 1.39 bits per heavy atom. The molecule has 2 N–H and O–H groups in total. The molecule has 18 heavy (non-hydrogen) atoms. The molecular weight excluding hydrogens is 298 g/mol. The third-order valence-electron chi connectivity index (χ3n) is 2.48. The number of carbonyl (C=O) groups is 1. The first-order valence-electron chi connectivity index (χ1n) is 5.13. The van der Waals surface area contributed by atoms with Crippen LogP contribution in [-0.2, 0) is 7.05 Å². The van der Waals surface area contributed by atoms with E-state index in [-0.39, 0.29) is 11.3 Å². The van der Waals surface area contributed by atoms with Gasteiger partial charge in [-0.2, -0.15) is 4.98 Å². The zero-order valence-corrected chi connectivity index (χ0v) is 11.1. The van der Waals surface area contributed by atoms with Gasteiger partial charge in [0.15, 0.2) is 0 Å². The van der Waals surface area contributed by atoms with E-state index in [0.717, 1.165) is 4.47 Å². The molecule has 0 atom stereocenters. The number of aromatic nitrogens is 2. The Morgan fingerprint density at radius 3 is 2.67 bits per heavy atom. The first-order valence-corrected chi connectivity index (χ1v) is 5.92. The normalized spacial score (nSPS) is 10.3. The largest absolute Gasteiger partial charge is 0.365 e. The number of nitrogens with zero attached hydrogens (tertiary/aromatic N) is 2. The van der Waals surface area contributed by atoms with Gasteiger partial charge in [0.2, 0.25) is 0 Å². The fraction of sp³-hybridized carbons (Fsp3) is 0.0833. The van der Waals surface area contributed by atoms with Crippen LogP contribution >= 0.6 is 15.9 Å². The van der Waals surface area contributed by atoms with Gasteiger partial charge < -0.3 is 10.3 Å². The van der Waals surface area contributed by atoms with Crippen LogP contribution in [0.25, 0.3) is 11.3 Å². The quantitative estimate of drug-likeness (QED) is 0.908. The van der Waals surface area contributed by atoms with Crippen LogP contribution in [0.5, 0.6) is 0 Å². The maximum atomic E-state index is 11.6. The fourth-order valence-corrected chi connectivity index (χ4v) is 2.06. The van der Waals surface area contributed by atoms with Gasteiger partial charge in [0.1, 0.15) is 0 Å². The van der Waals surface area contributed by atoms with Crippen LogP contribution < -0.4 is 11.4 Å². The Kier molecular flexibility index (Phi) is 3.29. The van der Waals surface area contributed by atoms with Gasteiger partial charge in [0, 0.05) is 23.3 Å². The van der Waals surface area contributed by atoms with E-state index in [2.05, 4.69) is 20.9 Å². The van der Waals surface area contributed by atoms with Crippen molar-refractivity contribution in [3.63, 3.8) is 0 Å². The molecule has 0 spiro atoms. The number of carbonyl (C=O) groups excluding carboxylic acids is 1. The molecule has 1 aromatic carbocycles. The Hall–Kier alpha value is -1.95. The van der Waals surface area contributed by atoms with Gasteiger partial charge in [-0.25, -0.2) is 4.79 Å². The zero-order valence-electron chi connectivity index (χ0n) is 9.55. The lowest BCUT2D eigenvalue weighted by Crippen LogP contribution is -2.25. The monoisotopic (exact) mass is 307 g/mol. The maximum absolute atomic E-state index is 11.6. The summed E-state index contributed by atoms with van der Waals surface area (Å²) < 4.78 is 1.97. The molecule has 92 valence electrons. The summed E-state index contributed by atoms with van der Waals surface area (Å²) in [6.45, 7) is 0. The molecule has 0 aliphatic carbocycles. The van der Waals surface area contributed by atoms with E-state index in [1.54, 1.807) is 18.2 Å². The lowest BCUT2D eigenvalue weighted by Gasteiger charge is -2.08. The van der Waals surface area contributed by atoms with Gasteiger partial charge in [-0.3, -0.25) is 4.79 Å². The van der Waals surface area contributed by atoms with E-state index in [9.17, 15) is 9.59 Å². The number of hydrogen-bond acceptors (Lipinski definition) is 3. The highest BCUT2D eigenvalue weighted by atomic mass is 79.9. The molecule has 0 saturated carbocycles. The first kappa shape index (κ1) is 12.5. The minimum Gasteiger partial charge on any atom is -0.365 e. The average molecular weight is 308 g/mol. The van der Waals surface area contributed by atoms with E-state index < -0.39 is 11.6 Å². The average Bonchev–Trinajstić information content (AvgIpc) is 2.32. The summed E-state index contributed by atoms with van der Waals surface area (Å²) in [4.78, 5) is 26.9. The van der Waals surface area contributed by atoms with Crippen molar-refractivity contribution < 1.29 is 4.79 Å². The van der Waals surface area contributed by atoms with Gasteiger partial charge in [0.25, 0.3) is 5.91 Å². The van der Waals surface area contributed by atoms with Gasteiger partial charge >= 0.3 is 5.69 Å². The molecule has 0 saturated heterocycles. The van der Waals surface area contributed by atoms with E-state index in [1.165, 1.54) is 17.8 Å². The van der Waals surface area contributed by atoms with E-state index in [0.29, 0.717) is 5.56 Å². The van der Waals surface area contributed by atoms with Crippen LogP contribution in [0.15, 0.2) is 39.7 Å². The minimum atomic E-state index is -0.621. The topological polar surface area (TPSA) is 78.0 Å². The summed E-state index contributed by atoms with van der Waals surface area (Å²) in [5, 5.41) is 0. The highest BCUT2D eigenvalue weighted by Gasteiger charge is 2.15. The molecule has 5 nitrogen and oxygen atoms in total. The van der Waals surface area contributed by atoms with E-state index >= 15 is 0 Å². The van der Waals surface area contributed by atoms with Crippen LogP contribution in [0.2, 0.25) is 0 Å². The molecule has 6 heteroatoms. The lowest BCUT2D eigenvalue weighted by molar-refractivity contribution is 0.1000. The van der Waals surface area contributed by atoms with Crippen molar-refractivity contribution in [2.45, 2.75) is 0 Å². The van der Waals surface area contributed by atoms with Crippen molar-refractivity contribution in [2.75, 3.05) is 0 Å². The molecule has 1 aromatic heterocycles. The van der Waals surface area contributed by atoms with Crippen molar-refractivity contribution >= 4 is 21.8 Å². The molecule has 1 amide bonds. The molecule has 0 bridgehead atoms.